The van der Waals surface area contributed by atoms with Crippen LogP contribution < -0.4 is 9.47 Å². The van der Waals surface area contributed by atoms with Crippen molar-refractivity contribution in [1.82, 2.24) is 20.0 Å². The molecule has 9 nitrogen and oxygen atoms in total. The van der Waals surface area contributed by atoms with Gasteiger partial charge in [-0.2, -0.15) is 4.98 Å². The highest BCUT2D eigenvalue weighted by atomic mass is 16.5. The predicted molar refractivity (Wildman–Crippen MR) is 140 cm³/mol. The number of aromatic nitrogens is 3. The summed E-state index contributed by atoms with van der Waals surface area (Å²) < 4.78 is 17.2. The number of aryl methyl sites for hydroxylation is 2. The molecular weight excluding hydrogens is 472 g/mol. The second-order valence-electron chi connectivity index (χ2n) is 9.66. The molecule has 0 aliphatic heterocycles. The van der Waals surface area contributed by atoms with E-state index in [-0.39, 0.29) is 6.42 Å². The molecule has 1 aromatic carbocycles. The molecule has 9 heteroatoms. The van der Waals surface area contributed by atoms with Crippen LogP contribution >= 0.6 is 0 Å². The van der Waals surface area contributed by atoms with E-state index in [1.54, 1.807) is 7.11 Å². The topological polar surface area (TPSA) is 111 Å². The minimum atomic E-state index is -0.797. The largest absolute Gasteiger partial charge is 0.492 e. The standard InChI is InChI=1S/C28H36N4O5/c1-5-19-15-21(14-18(2)26(19)36-13-12-32(3)11-10-25(33)34)27-30-28(37-31-27)22-16-23(20-8-6-7-9-20)29-24(17-22)35-4/h14-17,20H,5-13H2,1-4H3,(H,33,34). The first kappa shape index (κ1) is 26.6. The Kier molecular flexibility index (Phi) is 8.76. The molecule has 0 atom stereocenters. The van der Waals surface area contributed by atoms with Gasteiger partial charge in [-0.1, -0.05) is 24.9 Å². The number of carboxylic acid groups (broad SMARTS) is 1. The molecule has 0 radical (unpaired) electrons. The van der Waals surface area contributed by atoms with Crippen molar-refractivity contribution in [2.24, 2.45) is 0 Å². The highest BCUT2D eigenvalue weighted by Crippen LogP contribution is 2.36. The summed E-state index contributed by atoms with van der Waals surface area (Å²) in [5, 5.41) is 13.1. The van der Waals surface area contributed by atoms with E-state index in [0.717, 1.165) is 53.0 Å². The summed E-state index contributed by atoms with van der Waals surface area (Å²) in [6.45, 7) is 5.70. The Balaban J connectivity index is 1.51. The van der Waals surface area contributed by atoms with Crippen LogP contribution in [-0.4, -0.2) is 65.0 Å². The molecule has 1 aliphatic rings. The summed E-state index contributed by atoms with van der Waals surface area (Å²) in [4.78, 5) is 22.1. The lowest BCUT2D eigenvalue weighted by molar-refractivity contribution is -0.137. The molecule has 1 N–H and O–H groups in total. The number of aliphatic carboxylic acids is 1. The maximum atomic E-state index is 10.8. The third-order valence-corrected chi connectivity index (χ3v) is 6.89. The van der Waals surface area contributed by atoms with E-state index in [2.05, 4.69) is 17.1 Å². The average molecular weight is 509 g/mol. The Bertz CT molecular complexity index is 1220. The number of carbonyl (C=O) groups is 1. The third kappa shape index (κ3) is 6.65. The molecule has 1 aliphatic carbocycles. The van der Waals surface area contributed by atoms with Gasteiger partial charge >= 0.3 is 5.97 Å². The van der Waals surface area contributed by atoms with Crippen LogP contribution in [0.2, 0.25) is 0 Å². The molecular formula is C28H36N4O5. The zero-order chi connectivity index (χ0) is 26.4. The average Bonchev–Trinajstić information content (AvgIpc) is 3.61. The monoisotopic (exact) mass is 508 g/mol. The van der Waals surface area contributed by atoms with E-state index in [0.29, 0.717) is 43.2 Å². The normalized spacial score (nSPS) is 13.9. The molecule has 3 aromatic rings. The van der Waals surface area contributed by atoms with Gasteiger partial charge in [-0.25, -0.2) is 4.98 Å². The molecule has 0 spiro atoms. The smallest absolute Gasteiger partial charge is 0.304 e. The van der Waals surface area contributed by atoms with E-state index in [4.69, 9.17) is 24.1 Å². The maximum absolute atomic E-state index is 10.8. The lowest BCUT2D eigenvalue weighted by Gasteiger charge is -2.18. The fourth-order valence-corrected chi connectivity index (χ4v) is 4.79. The highest BCUT2D eigenvalue weighted by Gasteiger charge is 2.22. The summed E-state index contributed by atoms with van der Waals surface area (Å²) in [6.07, 6.45) is 5.64. The predicted octanol–water partition coefficient (Wildman–Crippen LogP) is 5.12. The van der Waals surface area contributed by atoms with Crippen LogP contribution in [0.4, 0.5) is 0 Å². The van der Waals surface area contributed by atoms with Crippen LogP contribution in [0, 0.1) is 6.92 Å². The van der Waals surface area contributed by atoms with Crippen molar-refractivity contribution in [2.75, 3.05) is 33.9 Å². The van der Waals surface area contributed by atoms with Gasteiger partial charge in [0.25, 0.3) is 5.89 Å². The van der Waals surface area contributed by atoms with Crippen molar-refractivity contribution in [3.8, 4) is 34.5 Å². The zero-order valence-electron chi connectivity index (χ0n) is 22.1. The SMILES string of the molecule is CCc1cc(-c2noc(-c3cc(OC)nc(C4CCCC4)c3)n2)cc(C)c1OCCN(C)CCC(=O)O. The van der Waals surface area contributed by atoms with Crippen LogP contribution in [0.15, 0.2) is 28.8 Å². The number of methoxy groups -OCH3 is 1. The van der Waals surface area contributed by atoms with Gasteiger partial charge in [0.2, 0.25) is 11.7 Å². The molecule has 0 bridgehead atoms. The number of carboxylic acids is 1. The molecule has 0 unspecified atom stereocenters. The van der Waals surface area contributed by atoms with E-state index in [1.165, 1.54) is 12.8 Å². The second-order valence-corrected chi connectivity index (χ2v) is 9.66. The number of rotatable bonds is 12. The number of benzene rings is 1. The van der Waals surface area contributed by atoms with Crippen molar-refractivity contribution < 1.29 is 23.9 Å². The van der Waals surface area contributed by atoms with E-state index >= 15 is 0 Å². The zero-order valence-corrected chi connectivity index (χ0v) is 22.1. The Morgan fingerprint density at radius 1 is 1.14 bits per heavy atom. The second kappa shape index (κ2) is 12.2. The fourth-order valence-electron chi connectivity index (χ4n) is 4.79. The van der Waals surface area contributed by atoms with Crippen molar-refractivity contribution >= 4 is 5.97 Å². The van der Waals surface area contributed by atoms with Gasteiger partial charge in [0.15, 0.2) is 0 Å². The molecule has 2 heterocycles. The molecule has 0 amide bonds. The molecule has 1 saturated carbocycles. The van der Waals surface area contributed by atoms with Gasteiger partial charge in [0.05, 0.1) is 13.5 Å². The lowest BCUT2D eigenvalue weighted by Crippen LogP contribution is -2.27. The van der Waals surface area contributed by atoms with Crippen molar-refractivity contribution in [3.05, 3.63) is 41.1 Å². The molecule has 37 heavy (non-hydrogen) atoms. The van der Waals surface area contributed by atoms with Gasteiger partial charge in [-0.3, -0.25) is 4.79 Å². The first-order chi connectivity index (χ1) is 17.9. The van der Waals surface area contributed by atoms with E-state index in [1.807, 2.05) is 43.1 Å². The number of ether oxygens (including phenoxy) is 2. The lowest BCUT2D eigenvalue weighted by atomic mass is 10.0. The minimum Gasteiger partial charge on any atom is -0.492 e. The van der Waals surface area contributed by atoms with Crippen molar-refractivity contribution in [2.45, 2.75) is 58.3 Å². The Morgan fingerprint density at radius 3 is 2.62 bits per heavy atom. The maximum Gasteiger partial charge on any atom is 0.304 e. The number of likely N-dealkylation sites (N-methyl/N-ethyl adjacent to an activating group) is 1. The van der Waals surface area contributed by atoms with E-state index < -0.39 is 5.97 Å². The number of hydrogen-bond acceptors (Lipinski definition) is 8. The molecule has 198 valence electrons. The van der Waals surface area contributed by atoms with Gasteiger partial charge in [0, 0.05) is 41.9 Å². The summed E-state index contributed by atoms with van der Waals surface area (Å²) >= 11 is 0. The third-order valence-electron chi connectivity index (χ3n) is 6.89. The molecule has 0 saturated heterocycles. The summed E-state index contributed by atoms with van der Waals surface area (Å²) in [6, 6.07) is 7.93. The Morgan fingerprint density at radius 2 is 1.92 bits per heavy atom. The van der Waals surface area contributed by atoms with Gasteiger partial charge < -0.3 is 24.0 Å². The fraction of sp³-hybridized carbons (Fsp3) is 0.500. The summed E-state index contributed by atoms with van der Waals surface area (Å²) in [7, 11) is 3.52. The summed E-state index contributed by atoms with van der Waals surface area (Å²) in [5.41, 5.74) is 4.75. The van der Waals surface area contributed by atoms with Crippen molar-refractivity contribution in [3.63, 3.8) is 0 Å². The van der Waals surface area contributed by atoms with Gasteiger partial charge in [-0.15, -0.1) is 0 Å². The Labute approximate surface area is 217 Å². The Hall–Kier alpha value is -3.46. The van der Waals surface area contributed by atoms with Crippen LogP contribution in [0.25, 0.3) is 22.8 Å². The first-order valence-corrected chi connectivity index (χ1v) is 12.9. The van der Waals surface area contributed by atoms with E-state index in [9.17, 15) is 4.79 Å². The van der Waals surface area contributed by atoms with Gasteiger partial charge in [0.1, 0.15) is 12.4 Å². The quantitative estimate of drug-likeness (QED) is 0.356. The highest BCUT2D eigenvalue weighted by molar-refractivity contribution is 5.67. The molecule has 1 fully saturated rings. The molecule has 4 rings (SSSR count). The number of nitrogens with zero attached hydrogens (tertiary/aromatic N) is 4. The van der Waals surface area contributed by atoms with Crippen LogP contribution in [0.3, 0.4) is 0 Å². The van der Waals surface area contributed by atoms with Crippen LogP contribution in [0.1, 0.15) is 61.8 Å². The number of hydrogen-bond donors (Lipinski definition) is 1. The minimum absolute atomic E-state index is 0.116. The molecule has 2 aromatic heterocycles. The summed E-state index contributed by atoms with van der Waals surface area (Å²) in [5.74, 6) is 2.01. The first-order valence-electron chi connectivity index (χ1n) is 12.9. The van der Waals surface area contributed by atoms with Crippen molar-refractivity contribution in [1.29, 1.82) is 0 Å². The van der Waals surface area contributed by atoms with Gasteiger partial charge in [-0.05, 0) is 62.6 Å². The van der Waals surface area contributed by atoms with Crippen LogP contribution in [0.5, 0.6) is 11.6 Å². The van der Waals surface area contributed by atoms with Crippen LogP contribution in [-0.2, 0) is 11.2 Å². The number of pyridine rings is 1.